The largest absolute Gasteiger partial charge is 0.399 e. The van der Waals surface area contributed by atoms with Crippen molar-refractivity contribution in [3.63, 3.8) is 0 Å². The van der Waals surface area contributed by atoms with Gasteiger partial charge in [-0.25, -0.2) is 13.6 Å². The number of methoxy groups -OCH3 is 1. The van der Waals surface area contributed by atoms with Crippen LogP contribution in [-0.4, -0.2) is 28.2 Å². The molecule has 0 fully saturated rings. The molecule has 0 aliphatic heterocycles. The minimum Gasteiger partial charge on any atom is -0.399 e. The number of nitrogens with two attached hydrogens (primary N) is 2. The van der Waals surface area contributed by atoms with E-state index in [1.54, 1.807) is 20.1 Å². The van der Waals surface area contributed by atoms with E-state index in [9.17, 15) is 8.42 Å². The van der Waals surface area contributed by atoms with Crippen molar-refractivity contribution in [1.29, 1.82) is 0 Å². The molecule has 1 rings (SSSR count). The third kappa shape index (κ3) is 3.59. The Labute approximate surface area is 107 Å². The normalized spacial score (nSPS) is 13.3. The number of hydrogen-bond acceptors (Lipinski definition) is 5. The molecule has 6 nitrogen and oxygen atoms in total. The Hall–Kier alpha value is -1.31. The fraction of sp³-hybridized carbons (Fsp3) is 0.455. The van der Waals surface area contributed by atoms with Crippen molar-refractivity contribution in [3.8, 4) is 0 Å². The molecule has 18 heavy (non-hydrogen) atoms. The summed E-state index contributed by atoms with van der Waals surface area (Å²) in [5.74, 6) is 0. The summed E-state index contributed by atoms with van der Waals surface area (Å²) in [6, 6.07) is 3.07. The van der Waals surface area contributed by atoms with Gasteiger partial charge in [0.15, 0.2) is 0 Å². The van der Waals surface area contributed by atoms with E-state index in [0.29, 0.717) is 23.5 Å². The molecule has 0 aliphatic carbocycles. The molecular weight excluding hydrogens is 254 g/mol. The van der Waals surface area contributed by atoms with Gasteiger partial charge in [-0.05, 0) is 31.5 Å². The summed E-state index contributed by atoms with van der Waals surface area (Å²) < 4.78 is 27.9. The monoisotopic (exact) mass is 273 g/mol. The van der Waals surface area contributed by atoms with Gasteiger partial charge in [-0.3, -0.25) is 0 Å². The second kappa shape index (κ2) is 5.55. The van der Waals surface area contributed by atoms with Crippen molar-refractivity contribution in [3.05, 3.63) is 17.7 Å². The zero-order valence-electron chi connectivity index (χ0n) is 10.7. The molecule has 0 saturated heterocycles. The van der Waals surface area contributed by atoms with Crippen LogP contribution >= 0.6 is 0 Å². The first-order chi connectivity index (χ1) is 8.25. The smallest absolute Gasteiger partial charge is 0.238 e. The van der Waals surface area contributed by atoms with Crippen molar-refractivity contribution in [1.82, 2.24) is 0 Å². The van der Waals surface area contributed by atoms with Crippen molar-refractivity contribution >= 4 is 21.4 Å². The Morgan fingerprint density at radius 1 is 1.44 bits per heavy atom. The predicted octanol–water partition coefficient (Wildman–Crippen LogP) is 0.671. The molecule has 0 bridgehead atoms. The summed E-state index contributed by atoms with van der Waals surface area (Å²) in [5.41, 5.74) is 7.22. The van der Waals surface area contributed by atoms with E-state index in [-0.39, 0.29) is 10.9 Å². The van der Waals surface area contributed by atoms with Gasteiger partial charge >= 0.3 is 0 Å². The lowest BCUT2D eigenvalue weighted by molar-refractivity contribution is 0.190. The van der Waals surface area contributed by atoms with Crippen LogP contribution in [0.2, 0.25) is 0 Å². The van der Waals surface area contributed by atoms with Crippen LogP contribution in [0.15, 0.2) is 17.0 Å². The first-order valence-corrected chi connectivity index (χ1v) is 6.98. The summed E-state index contributed by atoms with van der Waals surface area (Å²) in [6.07, 6.45) is 0. The standard InChI is InChI=1S/C11H19N3O3S/c1-7(6-17-3)14-10-4-9(12)5-11(8(10)2)18(13,15)16/h4-5,7,14H,6,12H2,1-3H3,(H2,13,15,16). The first kappa shape index (κ1) is 14.7. The fourth-order valence-corrected chi connectivity index (χ4v) is 2.55. The topological polar surface area (TPSA) is 107 Å². The molecule has 0 spiro atoms. The molecule has 5 N–H and O–H groups in total. The molecule has 1 unspecified atom stereocenters. The van der Waals surface area contributed by atoms with Crippen molar-refractivity contribution in [2.45, 2.75) is 24.8 Å². The number of rotatable bonds is 5. The quantitative estimate of drug-likeness (QED) is 0.683. The maximum absolute atomic E-state index is 11.4. The van der Waals surface area contributed by atoms with Gasteiger partial charge in [-0.15, -0.1) is 0 Å². The predicted molar refractivity (Wildman–Crippen MR) is 71.9 cm³/mol. The molecule has 0 aliphatic rings. The number of primary sulfonamides is 1. The zero-order valence-corrected chi connectivity index (χ0v) is 11.5. The number of ether oxygens (including phenoxy) is 1. The van der Waals surface area contributed by atoms with Crippen LogP contribution < -0.4 is 16.2 Å². The SMILES string of the molecule is COCC(C)Nc1cc(N)cc(S(N)(=O)=O)c1C. The number of hydrogen-bond donors (Lipinski definition) is 3. The molecule has 1 aromatic rings. The van der Waals surface area contributed by atoms with Crippen molar-refractivity contribution in [2.75, 3.05) is 24.8 Å². The van der Waals surface area contributed by atoms with E-state index in [1.165, 1.54) is 6.07 Å². The Morgan fingerprint density at radius 3 is 2.56 bits per heavy atom. The lowest BCUT2D eigenvalue weighted by Gasteiger charge is -2.18. The minimum atomic E-state index is -3.78. The van der Waals surface area contributed by atoms with E-state index in [1.807, 2.05) is 6.92 Å². The van der Waals surface area contributed by atoms with Gasteiger partial charge in [0.25, 0.3) is 0 Å². The average molecular weight is 273 g/mol. The Morgan fingerprint density at radius 2 is 2.06 bits per heavy atom. The number of anilines is 2. The highest BCUT2D eigenvalue weighted by Gasteiger charge is 2.16. The number of nitrogens with one attached hydrogen (secondary N) is 1. The minimum absolute atomic E-state index is 0.0313. The van der Waals surface area contributed by atoms with Crippen LogP contribution in [0, 0.1) is 6.92 Å². The number of nitrogen functional groups attached to an aromatic ring is 1. The lowest BCUT2D eigenvalue weighted by Crippen LogP contribution is -2.22. The van der Waals surface area contributed by atoms with Crippen LogP contribution in [-0.2, 0) is 14.8 Å². The third-order valence-electron chi connectivity index (χ3n) is 2.51. The highest BCUT2D eigenvalue weighted by atomic mass is 32.2. The van der Waals surface area contributed by atoms with Gasteiger partial charge in [0, 0.05) is 24.5 Å². The van der Waals surface area contributed by atoms with Crippen LogP contribution in [0.4, 0.5) is 11.4 Å². The van der Waals surface area contributed by atoms with Crippen LogP contribution in [0.1, 0.15) is 12.5 Å². The van der Waals surface area contributed by atoms with E-state index < -0.39 is 10.0 Å². The Balaban J connectivity index is 3.18. The molecule has 0 radical (unpaired) electrons. The van der Waals surface area contributed by atoms with Gasteiger partial charge in [0.1, 0.15) is 0 Å². The maximum Gasteiger partial charge on any atom is 0.238 e. The van der Waals surface area contributed by atoms with Gasteiger partial charge in [-0.2, -0.15) is 0 Å². The molecule has 0 aromatic heterocycles. The summed E-state index contributed by atoms with van der Waals surface area (Å²) in [5, 5.41) is 8.29. The zero-order chi connectivity index (χ0) is 13.9. The highest BCUT2D eigenvalue weighted by molar-refractivity contribution is 7.89. The third-order valence-corrected chi connectivity index (χ3v) is 3.54. The average Bonchev–Trinajstić information content (AvgIpc) is 2.21. The number of sulfonamides is 1. The molecule has 0 saturated carbocycles. The summed E-state index contributed by atoms with van der Waals surface area (Å²) in [4.78, 5) is 0.0367. The summed E-state index contributed by atoms with van der Waals surface area (Å²) >= 11 is 0. The fourth-order valence-electron chi connectivity index (χ4n) is 1.71. The second-order valence-electron chi connectivity index (χ2n) is 4.24. The highest BCUT2D eigenvalue weighted by Crippen LogP contribution is 2.26. The summed E-state index contributed by atoms with van der Waals surface area (Å²) in [6.45, 7) is 4.10. The van der Waals surface area contributed by atoms with Gasteiger partial charge in [0.05, 0.1) is 11.5 Å². The molecule has 7 heteroatoms. The van der Waals surface area contributed by atoms with Crippen molar-refractivity contribution in [2.24, 2.45) is 5.14 Å². The van der Waals surface area contributed by atoms with Crippen molar-refractivity contribution < 1.29 is 13.2 Å². The number of benzene rings is 1. The first-order valence-electron chi connectivity index (χ1n) is 5.44. The lowest BCUT2D eigenvalue weighted by atomic mass is 10.1. The van der Waals surface area contributed by atoms with E-state index in [4.69, 9.17) is 15.6 Å². The molecule has 1 aromatic carbocycles. The van der Waals surface area contributed by atoms with Crippen LogP contribution in [0.3, 0.4) is 0 Å². The molecule has 0 heterocycles. The maximum atomic E-state index is 11.4. The van der Waals surface area contributed by atoms with Gasteiger partial charge in [0.2, 0.25) is 10.0 Å². The molecule has 102 valence electrons. The second-order valence-corrected chi connectivity index (χ2v) is 5.77. The van der Waals surface area contributed by atoms with E-state index in [2.05, 4.69) is 5.32 Å². The Bertz CT molecular complexity index is 529. The van der Waals surface area contributed by atoms with Crippen LogP contribution in [0.5, 0.6) is 0 Å². The van der Waals surface area contributed by atoms with E-state index >= 15 is 0 Å². The molecule has 1 atom stereocenters. The van der Waals surface area contributed by atoms with Crippen LogP contribution in [0.25, 0.3) is 0 Å². The Kier molecular flexibility index (Phi) is 4.55. The molecular formula is C11H19N3O3S. The van der Waals surface area contributed by atoms with Gasteiger partial charge in [-0.1, -0.05) is 0 Å². The van der Waals surface area contributed by atoms with E-state index in [0.717, 1.165) is 0 Å². The molecule has 0 amide bonds. The summed E-state index contributed by atoms with van der Waals surface area (Å²) in [7, 11) is -2.18. The van der Waals surface area contributed by atoms with Gasteiger partial charge < -0.3 is 15.8 Å².